The Labute approximate surface area is 151 Å². The first-order chi connectivity index (χ1) is 12.0. The molecule has 0 saturated heterocycles. The van der Waals surface area contributed by atoms with Crippen LogP contribution >= 0.6 is 11.6 Å². The van der Waals surface area contributed by atoms with Gasteiger partial charge >= 0.3 is 6.03 Å². The summed E-state index contributed by atoms with van der Waals surface area (Å²) in [5.41, 5.74) is 1.58. The number of fused-ring (bicyclic) bond motifs is 1. The van der Waals surface area contributed by atoms with E-state index in [-0.39, 0.29) is 12.1 Å². The van der Waals surface area contributed by atoms with Gasteiger partial charge in [-0.3, -0.25) is 5.32 Å². The maximum absolute atomic E-state index is 12.3. The van der Waals surface area contributed by atoms with Gasteiger partial charge in [-0.1, -0.05) is 29.8 Å². The molecule has 0 radical (unpaired) electrons. The fraction of sp³-hybridized carbons (Fsp3) is 0.333. The van der Waals surface area contributed by atoms with Crippen LogP contribution in [0.25, 0.3) is 0 Å². The lowest BCUT2D eigenvalue weighted by molar-refractivity contribution is 0.194. The van der Waals surface area contributed by atoms with Crippen LogP contribution in [0.2, 0.25) is 5.02 Å². The van der Waals surface area contributed by atoms with Gasteiger partial charge in [0.25, 0.3) is 0 Å². The van der Waals surface area contributed by atoms with Crippen molar-refractivity contribution in [1.29, 1.82) is 0 Å². The lowest BCUT2D eigenvalue weighted by atomic mass is 10.0. The van der Waals surface area contributed by atoms with Crippen LogP contribution in [-0.2, 0) is 6.42 Å². The second-order valence-corrected chi connectivity index (χ2v) is 6.42. The zero-order chi connectivity index (χ0) is 17.8. The molecule has 2 amide bonds. The number of halogens is 1. The topological polar surface area (TPSA) is 83.5 Å². The van der Waals surface area contributed by atoms with E-state index in [4.69, 9.17) is 16.3 Å². The minimum Gasteiger partial charge on any atom is -0.492 e. The second-order valence-electron chi connectivity index (χ2n) is 6.01. The minimum atomic E-state index is -0.486. The van der Waals surface area contributed by atoms with Crippen molar-refractivity contribution in [3.63, 3.8) is 0 Å². The number of benzene rings is 1. The number of hydrogen-bond acceptors (Lipinski definition) is 4. The molecule has 0 spiro atoms. The number of carbonyl (C=O) groups excluding carboxylic acids is 1. The Balaban J connectivity index is 1.67. The van der Waals surface area contributed by atoms with Gasteiger partial charge in [-0.2, -0.15) is 0 Å². The largest absolute Gasteiger partial charge is 0.492 e. The normalized spacial score (nSPS) is 17.2. The Morgan fingerprint density at radius 1 is 1.40 bits per heavy atom. The van der Waals surface area contributed by atoms with Crippen molar-refractivity contribution in [3.8, 4) is 5.75 Å². The van der Waals surface area contributed by atoms with Gasteiger partial charge in [0.05, 0.1) is 23.8 Å². The summed E-state index contributed by atoms with van der Waals surface area (Å²) < 4.78 is 5.60. The molecular formula is C18H20ClN3O3. The van der Waals surface area contributed by atoms with Gasteiger partial charge in [-0.15, -0.1) is 0 Å². The summed E-state index contributed by atoms with van der Waals surface area (Å²) in [6.45, 7) is 2.19. The molecule has 6 nitrogen and oxygen atoms in total. The molecular weight excluding hydrogens is 342 g/mol. The van der Waals surface area contributed by atoms with E-state index in [9.17, 15) is 9.90 Å². The van der Waals surface area contributed by atoms with Crippen molar-refractivity contribution in [2.24, 2.45) is 0 Å². The lowest BCUT2D eigenvalue weighted by Gasteiger charge is -2.27. The number of amides is 2. The van der Waals surface area contributed by atoms with Crippen molar-refractivity contribution in [3.05, 3.63) is 52.7 Å². The van der Waals surface area contributed by atoms with Gasteiger partial charge in [0.2, 0.25) is 0 Å². The molecule has 1 aliphatic heterocycles. The SMILES string of the molecule is C[C@H](O)Cc1cccc(NC(=O)N[C@H]2CCOc3c(Cl)cccc32)n1. The molecule has 1 aromatic carbocycles. The molecule has 3 N–H and O–H groups in total. The molecule has 2 aromatic rings. The number of aliphatic hydroxyl groups is 1. The van der Waals surface area contributed by atoms with Crippen molar-refractivity contribution in [2.45, 2.75) is 31.9 Å². The van der Waals surface area contributed by atoms with Gasteiger partial charge in [-0.05, 0) is 25.1 Å². The number of nitrogens with one attached hydrogen (secondary N) is 2. The molecule has 2 atom stereocenters. The number of pyridine rings is 1. The molecule has 25 heavy (non-hydrogen) atoms. The second kappa shape index (κ2) is 7.72. The summed E-state index contributed by atoms with van der Waals surface area (Å²) in [5, 5.41) is 15.7. The van der Waals surface area contributed by atoms with Crippen LogP contribution in [0.5, 0.6) is 5.75 Å². The molecule has 0 aliphatic carbocycles. The number of para-hydroxylation sites is 1. The molecule has 1 aromatic heterocycles. The first-order valence-corrected chi connectivity index (χ1v) is 8.53. The van der Waals surface area contributed by atoms with Gasteiger partial charge in [0, 0.05) is 24.1 Å². The van der Waals surface area contributed by atoms with E-state index >= 15 is 0 Å². The lowest BCUT2D eigenvalue weighted by Crippen LogP contribution is -2.35. The zero-order valence-corrected chi connectivity index (χ0v) is 14.6. The third-order valence-electron chi connectivity index (χ3n) is 3.88. The van der Waals surface area contributed by atoms with E-state index in [1.165, 1.54) is 0 Å². The smallest absolute Gasteiger partial charge is 0.320 e. The Kier molecular flexibility index (Phi) is 5.40. The van der Waals surface area contributed by atoms with E-state index < -0.39 is 6.10 Å². The van der Waals surface area contributed by atoms with Gasteiger partial charge in [0.15, 0.2) is 0 Å². The van der Waals surface area contributed by atoms with E-state index in [0.29, 0.717) is 36.0 Å². The highest BCUT2D eigenvalue weighted by atomic mass is 35.5. The zero-order valence-electron chi connectivity index (χ0n) is 13.8. The Bertz CT molecular complexity index is 767. The Hall–Kier alpha value is -2.31. The van der Waals surface area contributed by atoms with Crippen molar-refractivity contribution in [2.75, 3.05) is 11.9 Å². The van der Waals surface area contributed by atoms with Gasteiger partial charge in [-0.25, -0.2) is 9.78 Å². The highest BCUT2D eigenvalue weighted by Crippen LogP contribution is 2.37. The van der Waals surface area contributed by atoms with E-state index in [1.807, 2.05) is 18.2 Å². The van der Waals surface area contributed by atoms with Crippen LogP contribution in [0.4, 0.5) is 10.6 Å². The molecule has 0 bridgehead atoms. The summed E-state index contributed by atoms with van der Waals surface area (Å²) in [4.78, 5) is 16.7. The number of aromatic nitrogens is 1. The summed E-state index contributed by atoms with van der Waals surface area (Å²) in [7, 11) is 0. The monoisotopic (exact) mass is 361 g/mol. The highest BCUT2D eigenvalue weighted by molar-refractivity contribution is 6.32. The van der Waals surface area contributed by atoms with E-state index in [1.54, 1.807) is 25.1 Å². The summed E-state index contributed by atoms with van der Waals surface area (Å²) >= 11 is 6.15. The Morgan fingerprint density at radius 3 is 3.00 bits per heavy atom. The van der Waals surface area contributed by atoms with Crippen LogP contribution in [0.3, 0.4) is 0 Å². The average molecular weight is 362 g/mol. The number of hydrogen-bond donors (Lipinski definition) is 3. The first-order valence-electron chi connectivity index (χ1n) is 8.15. The van der Waals surface area contributed by atoms with Crippen molar-refractivity contribution in [1.82, 2.24) is 10.3 Å². The van der Waals surface area contributed by atoms with Crippen LogP contribution in [-0.4, -0.2) is 28.8 Å². The molecule has 0 fully saturated rings. The van der Waals surface area contributed by atoms with Crippen LogP contribution in [0.15, 0.2) is 36.4 Å². The van der Waals surface area contributed by atoms with Crippen molar-refractivity contribution < 1.29 is 14.6 Å². The fourth-order valence-electron chi connectivity index (χ4n) is 2.81. The summed E-state index contributed by atoms with van der Waals surface area (Å²) in [6, 6.07) is 10.3. The highest BCUT2D eigenvalue weighted by Gasteiger charge is 2.24. The minimum absolute atomic E-state index is 0.178. The van der Waals surface area contributed by atoms with Crippen molar-refractivity contribution >= 4 is 23.4 Å². The van der Waals surface area contributed by atoms with Crippen LogP contribution < -0.4 is 15.4 Å². The molecule has 132 valence electrons. The van der Waals surface area contributed by atoms with Crippen LogP contribution in [0, 0.1) is 0 Å². The van der Waals surface area contributed by atoms with Gasteiger partial charge < -0.3 is 15.2 Å². The predicted molar refractivity (Wildman–Crippen MR) is 96.1 cm³/mol. The summed E-state index contributed by atoms with van der Waals surface area (Å²) in [6.07, 6.45) is 0.610. The number of rotatable bonds is 4. The molecule has 0 unspecified atom stereocenters. The Morgan fingerprint density at radius 2 is 2.20 bits per heavy atom. The standard InChI is InChI=1S/C18H20ClN3O3/c1-11(23)10-12-4-2-7-16(20-12)22-18(24)21-15-8-9-25-17-13(15)5-3-6-14(17)19/h2-7,11,15,23H,8-10H2,1H3,(H2,20,21,22,24)/t11-,15-/m0/s1. The number of anilines is 1. The third kappa shape index (κ3) is 4.41. The average Bonchev–Trinajstić information content (AvgIpc) is 2.55. The quantitative estimate of drug-likeness (QED) is 0.780. The number of urea groups is 1. The third-order valence-corrected chi connectivity index (χ3v) is 4.18. The summed E-state index contributed by atoms with van der Waals surface area (Å²) in [5.74, 6) is 1.06. The maximum atomic E-state index is 12.3. The first kappa shape index (κ1) is 17.5. The van der Waals surface area contributed by atoms with Gasteiger partial charge in [0.1, 0.15) is 11.6 Å². The number of aliphatic hydroxyl groups excluding tert-OH is 1. The molecule has 7 heteroatoms. The number of ether oxygens (including phenoxy) is 1. The van der Waals surface area contributed by atoms with E-state index in [2.05, 4.69) is 15.6 Å². The fourth-order valence-corrected chi connectivity index (χ4v) is 3.05. The number of carbonyl (C=O) groups is 1. The van der Waals surface area contributed by atoms with E-state index in [0.717, 1.165) is 11.3 Å². The molecule has 1 aliphatic rings. The number of nitrogens with zero attached hydrogens (tertiary/aromatic N) is 1. The molecule has 0 saturated carbocycles. The molecule has 2 heterocycles. The predicted octanol–water partition coefficient (Wildman–Crippen LogP) is 3.30. The van der Waals surface area contributed by atoms with Crippen LogP contribution in [0.1, 0.15) is 30.6 Å². The maximum Gasteiger partial charge on any atom is 0.320 e. The molecule has 3 rings (SSSR count).